The van der Waals surface area contributed by atoms with Crippen molar-refractivity contribution in [3.05, 3.63) is 36.2 Å². The summed E-state index contributed by atoms with van der Waals surface area (Å²) in [5.74, 6) is 0.675. The molecule has 4 heteroatoms. The third kappa shape index (κ3) is 1.59. The van der Waals surface area contributed by atoms with Gasteiger partial charge >= 0.3 is 0 Å². The van der Waals surface area contributed by atoms with Crippen molar-refractivity contribution in [3.63, 3.8) is 0 Å². The van der Waals surface area contributed by atoms with E-state index in [9.17, 15) is 0 Å². The lowest BCUT2D eigenvalue weighted by Crippen LogP contribution is -1.94. The van der Waals surface area contributed by atoms with Gasteiger partial charge in [0, 0.05) is 24.3 Å². The number of nitrogens with zero attached hydrogens (tertiary/aromatic N) is 4. The Bertz CT molecular complexity index is 439. The fraction of sp³-hybridized carbons (Fsp3) is 0.200. The van der Waals surface area contributed by atoms with Crippen LogP contribution in [0.15, 0.2) is 24.9 Å². The van der Waals surface area contributed by atoms with Crippen molar-refractivity contribution < 1.29 is 0 Å². The molecule has 0 aromatic carbocycles. The normalized spacial score (nSPS) is 10.1. The molecule has 0 spiro atoms. The van der Waals surface area contributed by atoms with Gasteiger partial charge in [0.2, 0.25) is 0 Å². The number of rotatable bonds is 1. The van der Waals surface area contributed by atoms with Crippen molar-refractivity contribution in [1.29, 1.82) is 0 Å². The van der Waals surface area contributed by atoms with Crippen LogP contribution >= 0.6 is 0 Å². The molecule has 4 nitrogen and oxygen atoms in total. The van der Waals surface area contributed by atoms with E-state index in [0.29, 0.717) is 5.82 Å². The quantitative estimate of drug-likeness (QED) is 0.678. The van der Waals surface area contributed by atoms with Gasteiger partial charge in [0.1, 0.15) is 6.33 Å². The van der Waals surface area contributed by atoms with Gasteiger partial charge in [0.05, 0.1) is 5.56 Å². The summed E-state index contributed by atoms with van der Waals surface area (Å²) in [7, 11) is 0. The van der Waals surface area contributed by atoms with E-state index >= 15 is 0 Å². The lowest BCUT2D eigenvalue weighted by atomic mass is 10.2. The van der Waals surface area contributed by atoms with Crippen molar-refractivity contribution >= 4 is 0 Å². The van der Waals surface area contributed by atoms with Crippen molar-refractivity contribution in [1.82, 2.24) is 19.9 Å². The minimum absolute atomic E-state index is 0.675. The van der Waals surface area contributed by atoms with E-state index < -0.39 is 0 Å². The molecule has 0 radical (unpaired) electrons. The van der Waals surface area contributed by atoms with E-state index in [1.807, 2.05) is 20.0 Å². The number of hydrogen-bond donors (Lipinski definition) is 0. The van der Waals surface area contributed by atoms with Gasteiger partial charge in [-0.15, -0.1) is 0 Å². The standard InChI is InChI=1S/C10H10N4/c1-7-3-13-10(14-8(7)2)9-4-11-6-12-5-9/h3-6H,1-2H3. The van der Waals surface area contributed by atoms with Crippen LogP contribution in [-0.4, -0.2) is 19.9 Å². The zero-order chi connectivity index (χ0) is 9.97. The fourth-order valence-electron chi connectivity index (χ4n) is 1.08. The first kappa shape index (κ1) is 8.74. The molecule has 0 saturated carbocycles. The Balaban J connectivity index is 2.48. The molecule has 14 heavy (non-hydrogen) atoms. The van der Waals surface area contributed by atoms with Crippen LogP contribution in [0.3, 0.4) is 0 Å². The molecule has 2 aromatic rings. The first-order chi connectivity index (χ1) is 6.77. The summed E-state index contributed by atoms with van der Waals surface area (Å²) in [6.07, 6.45) is 6.71. The number of aromatic nitrogens is 4. The monoisotopic (exact) mass is 186 g/mol. The van der Waals surface area contributed by atoms with Gasteiger partial charge in [-0.2, -0.15) is 0 Å². The van der Waals surface area contributed by atoms with Crippen LogP contribution in [0.1, 0.15) is 11.3 Å². The summed E-state index contributed by atoms with van der Waals surface area (Å²) in [6.45, 7) is 3.95. The Kier molecular flexibility index (Phi) is 2.18. The average Bonchev–Trinajstić information content (AvgIpc) is 2.23. The van der Waals surface area contributed by atoms with Crippen molar-refractivity contribution in [3.8, 4) is 11.4 Å². The Morgan fingerprint density at radius 1 is 1.00 bits per heavy atom. The molecule has 0 aliphatic rings. The molecule has 0 amide bonds. The smallest absolute Gasteiger partial charge is 0.162 e. The number of aryl methyl sites for hydroxylation is 2. The molecule has 2 heterocycles. The summed E-state index contributed by atoms with van der Waals surface area (Å²) >= 11 is 0. The zero-order valence-electron chi connectivity index (χ0n) is 8.10. The van der Waals surface area contributed by atoms with E-state index in [-0.39, 0.29) is 0 Å². The van der Waals surface area contributed by atoms with Gasteiger partial charge in [0.15, 0.2) is 5.82 Å². The Labute approximate surface area is 82.1 Å². The zero-order valence-corrected chi connectivity index (χ0v) is 8.10. The molecule has 2 rings (SSSR count). The largest absolute Gasteiger partial charge is 0.244 e. The van der Waals surface area contributed by atoms with Crippen LogP contribution in [0.2, 0.25) is 0 Å². The van der Waals surface area contributed by atoms with Gasteiger partial charge in [-0.25, -0.2) is 19.9 Å². The molecule has 70 valence electrons. The summed E-state index contributed by atoms with van der Waals surface area (Å²) in [5, 5.41) is 0. The molecule has 0 saturated heterocycles. The molecule has 0 aliphatic carbocycles. The molecule has 0 unspecified atom stereocenters. The SMILES string of the molecule is Cc1cnc(-c2cncnc2)nc1C. The summed E-state index contributed by atoms with van der Waals surface area (Å²) < 4.78 is 0. The summed E-state index contributed by atoms with van der Waals surface area (Å²) in [6, 6.07) is 0. The van der Waals surface area contributed by atoms with Crippen molar-refractivity contribution in [2.75, 3.05) is 0 Å². The van der Waals surface area contributed by atoms with Crippen LogP contribution in [-0.2, 0) is 0 Å². The highest BCUT2D eigenvalue weighted by molar-refractivity contribution is 5.51. The minimum atomic E-state index is 0.675. The summed E-state index contributed by atoms with van der Waals surface area (Å²) in [4.78, 5) is 16.4. The van der Waals surface area contributed by atoms with Crippen LogP contribution in [0, 0.1) is 13.8 Å². The average molecular weight is 186 g/mol. The van der Waals surface area contributed by atoms with E-state index in [0.717, 1.165) is 16.8 Å². The summed E-state index contributed by atoms with van der Waals surface area (Å²) in [5.41, 5.74) is 2.92. The van der Waals surface area contributed by atoms with E-state index in [1.54, 1.807) is 12.4 Å². The van der Waals surface area contributed by atoms with Gasteiger partial charge in [-0.05, 0) is 19.4 Å². The van der Waals surface area contributed by atoms with Crippen molar-refractivity contribution in [2.45, 2.75) is 13.8 Å². The Morgan fingerprint density at radius 3 is 2.36 bits per heavy atom. The van der Waals surface area contributed by atoms with Gasteiger partial charge in [0.25, 0.3) is 0 Å². The van der Waals surface area contributed by atoms with E-state index in [2.05, 4.69) is 19.9 Å². The second-order valence-electron chi connectivity index (χ2n) is 3.09. The maximum atomic E-state index is 4.35. The van der Waals surface area contributed by atoms with Crippen LogP contribution in [0.5, 0.6) is 0 Å². The van der Waals surface area contributed by atoms with E-state index in [4.69, 9.17) is 0 Å². The van der Waals surface area contributed by atoms with Crippen LogP contribution < -0.4 is 0 Å². The number of hydrogen-bond acceptors (Lipinski definition) is 4. The molecule has 0 bridgehead atoms. The molecule has 0 atom stereocenters. The highest BCUT2D eigenvalue weighted by atomic mass is 14.9. The third-order valence-corrected chi connectivity index (χ3v) is 2.04. The van der Waals surface area contributed by atoms with Crippen LogP contribution in [0.4, 0.5) is 0 Å². The van der Waals surface area contributed by atoms with Crippen molar-refractivity contribution in [2.24, 2.45) is 0 Å². The first-order valence-corrected chi connectivity index (χ1v) is 4.33. The highest BCUT2D eigenvalue weighted by Crippen LogP contribution is 2.12. The molecular formula is C10H10N4. The maximum Gasteiger partial charge on any atom is 0.162 e. The van der Waals surface area contributed by atoms with E-state index in [1.165, 1.54) is 6.33 Å². The molecule has 0 N–H and O–H groups in total. The van der Waals surface area contributed by atoms with Crippen LogP contribution in [0.25, 0.3) is 11.4 Å². The van der Waals surface area contributed by atoms with Gasteiger partial charge in [-0.1, -0.05) is 0 Å². The van der Waals surface area contributed by atoms with Gasteiger partial charge in [-0.3, -0.25) is 0 Å². The molecule has 2 aromatic heterocycles. The topological polar surface area (TPSA) is 51.6 Å². The maximum absolute atomic E-state index is 4.35. The predicted molar refractivity (Wildman–Crippen MR) is 52.5 cm³/mol. The third-order valence-electron chi connectivity index (χ3n) is 2.04. The highest BCUT2D eigenvalue weighted by Gasteiger charge is 2.02. The lowest BCUT2D eigenvalue weighted by Gasteiger charge is -2.01. The Hall–Kier alpha value is -1.84. The molecular weight excluding hydrogens is 176 g/mol. The lowest BCUT2D eigenvalue weighted by molar-refractivity contribution is 1.06. The second-order valence-corrected chi connectivity index (χ2v) is 3.09. The fourth-order valence-corrected chi connectivity index (χ4v) is 1.08. The molecule has 0 fully saturated rings. The molecule has 0 aliphatic heterocycles. The predicted octanol–water partition coefficient (Wildman–Crippen LogP) is 1.55. The second kappa shape index (κ2) is 3.49. The first-order valence-electron chi connectivity index (χ1n) is 4.33. The van der Waals surface area contributed by atoms with Gasteiger partial charge < -0.3 is 0 Å². The Morgan fingerprint density at radius 2 is 1.71 bits per heavy atom. The minimum Gasteiger partial charge on any atom is -0.244 e.